The molecule has 4 rings (SSSR count). The Hall–Kier alpha value is -2.50. The minimum absolute atomic E-state index is 0.0728. The van der Waals surface area contributed by atoms with E-state index >= 15 is 0 Å². The predicted molar refractivity (Wildman–Crippen MR) is 139 cm³/mol. The SMILES string of the molecule is COc1ccc(Nc2ccc3cc(CCCCCB4OC(C)(C)C(C)(C)O4)ccc3c2)cc1. The average Bonchev–Trinajstić information content (AvgIpc) is 3.00. The number of nitrogens with one attached hydrogen (secondary N) is 1. The zero-order valence-corrected chi connectivity index (χ0v) is 20.6. The number of benzene rings is 3. The van der Waals surface area contributed by atoms with Gasteiger partial charge in [-0.1, -0.05) is 37.1 Å². The van der Waals surface area contributed by atoms with Crippen molar-refractivity contribution >= 4 is 29.3 Å². The highest BCUT2D eigenvalue weighted by Crippen LogP contribution is 2.38. The van der Waals surface area contributed by atoms with Crippen LogP contribution in [0.1, 0.15) is 52.5 Å². The first kappa shape index (κ1) is 23.7. The Morgan fingerprint density at radius 2 is 1.39 bits per heavy atom. The van der Waals surface area contributed by atoms with Gasteiger partial charge in [0.05, 0.1) is 18.3 Å². The molecule has 0 aromatic heterocycles. The van der Waals surface area contributed by atoms with Crippen molar-refractivity contribution in [3.8, 4) is 5.75 Å². The van der Waals surface area contributed by atoms with Crippen LogP contribution in [-0.4, -0.2) is 25.4 Å². The monoisotopic (exact) mass is 445 g/mol. The smallest absolute Gasteiger partial charge is 0.457 e. The molecule has 0 bridgehead atoms. The molecule has 0 saturated carbocycles. The van der Waals surface area contributed by atoms with E-state index in [0.29, 0.717) is 0 Å². The number of unbranched alkanes of at least 4 members (excludes halogenated alkanes) is 2. The molecule has 0 aliphatic carbocycles. The van der Waals surface area contributed by atoms with Crippen LogP contribution >= 0.6 is 0 Å². The van der Waals surface area contributed by atoms with E-state index in [0.717, 1.165) is 36.3 Å². The van der Waals surface area contributed by atoms with Gasteiger partial charge in [-0.25, -0.2) is 0 Å². The minimum Gasteiger partial charge on any atom is -0.497 e. The summed E-state index contributed by atoms with van der Waals surface area (Å²) in [6.45, 7) is 8.46. The van der Waals surface area contributed by atoms with Gasteiger partial charge in [0, 0.05) is 11.4 Å². The minimum atomic E-state index is -0.229. The molecule has 1 N–H and O–H groups in total. The van der Waals surface area contributed by atoms with Gasteiger partial charge in [-0.05, 0) is 99.6 Å². The Labute approximate surface area is 198 Å². The predicted octanol–water partition coefficient (Wildman–Crippen LogP) is 7.40. The Bertz CT molecular complexity index is 1060. The summed E-state index contributed by atoms with van der Waals surface area (Å²) in [5, 5.41) is 6.00. The third-order valence-electron chi connectivity index (χ3n) is 6.99. The molecule has 1 heterocycles. The highest BCUT2D eigenvalue weighted by atomic mass is 16.7. The number of hydrogen-bond acceptors (Lipinski definition) is 4. The molecular weight excluding hydrogens is 409 g/mol. The molecular formula is C28H36BNO3. The Morgan fingerprint density at radius 3 is 2.09 bits per heavy atom. The molecule has 1 saturated heterocycles. The molecule has 33 heavy (non-hydrogen) atoms. The first-order valence-electron chi connectivity index (χ1n) is 12.1. The van der Waals surface area contributed by atoms with Gasteiger partial charge in [0.25, 0.3) is 0 Å². The second-order valence-electron chi connectivity index (χ2n) is 10.0. The molecule has 1 aliphatic rings. The second kappa shape index (κ2) is 9.78. The van der Waals surface area contributed by atoms with E-state index in [4.69, 9.17) is 14.0 Å². The summed E-state index contributed by atoms with van der Waals surface area (Å²) in [6, 6.07) is 21.3. The largest absolute Gasteiger partial charge is 0.497 e. The van der Waals surface area contributed by atoms with Gasteiger partial charge < -0.3 is 19.4 Å². The van der Waals surface area contributed by atoms with E-state index in [1.807, 2.05) is 24.3 Å². The normalized spacial score (nSPS) is 16.8. The summed E-state index contributed by atoms with van der Waals surface area (Å²) in [4.78, 5) is 0. The average molecular weight is 445 g/mol. The number of anilines is 2. The summed E-state index contributed by atoms with van der Waals surface area (Å²) in [6.07, 6.45) is 5.57. The van der Waals surface area contributed by atoms with Crippen molar-refractivity contribution < 1.29 is 14.0 Å². The lowest BCUT2D eigenvalue weighted by molar-refractivity contribution is 0.00578. The molecule has 0 amide bonds. The van der Waals surface area contributed by atoms with Crippen LogP contribution in [0.25, 0.3) is 10.8 Å². The van der Waals surface area contributed by atoms with E-state index < -0.39 is 0 Å². The van der Waals surface area contributed by atoms with Crippen LogP contribution in [0, 0.1) is 0 Å². The summed E-state index contributed by atoms with van der Waals surface area (Å²) in [5.41, 5.74) is 3.07. The van der Waals surface area contributed by atoms with Crippen molar-refractivity contribution in [1.82, 2.24) is 0 Å². The first-order valence-corrected chi connectivity index (χ1v) is 12.1. The highest BCUT2D eigenvalue weighted by Gasteiger charge is 2.50. The summed E-state index contributed by atoms with van der Waals surface area (Å²) < 4.78 is 17.4. The second-order valence-corrected chi connectivity index (χ2v) is 10.0. The molecule has 4 nitrogen and oxygen atoms in total. The van der Waals surface area contributed by atoms with Gasteiger partial charge in [0.1, 0.15) is 5.75 Å². The molecule has 0 radical (unpaired) electrons. The molecule has 3 aromatic carbocycles. The number of fused-ring (bicyclic) bond motifs is 1. The van der Waals surface area contributed by atoms with Crippen molar-refractivity contribution in [2.24, 2.45) is 0 Å². The first-order chi connectivity index (χ1) is 15.8. The lowest BCUT2D eigenvalue weighted by atomic mass is 9.82. The molecule has 0 spiro atoms. The third-order valence-corrected chi connectivity index (χ3v) is 6.99. The standard InChI is InChI=1S/C28H36BNO3/c1-27(2)28(3,4)33-29(32-27)18-8-6-7-9-21-10-11-23-20-25(13-12-22(23)19-21)30-24-14-16-26(31-5)17-15-24/h10-17,19-20,30H,6-9,18H2,1-5H3. The van der Waals surface area contributed by atoms with E-state index in [9.17, 15) is 0 Å². The van der Waals surface area contributed by atoms with Gasteiger partial charge in [0.15, 0.2) is 0 Å². The van der Waals surface area contributed by atoms with Crippen LogP contribution in [0.2, 0.25) is 6.32 Å². The molecule has 0 unspecified atom stereocenters. The maximum absolute atomic E-state index is 6.10. The summed E-state index contributed by atoms with van der Waals surface area (Å²) in [7, 11) is 1.61. The van der Waals surface area contributed by atoms with E-state index in [2.05, 4.69) is 69.4 Å². The molecule has 1 fully saturated rings. The zero-order valence-electron chi connectivity index (χ0n) is 20.6. The number of rotatable bonds is 9. The number of ether oxygens (including phenoxy) is 1. The van der Waals surface area contributed by atoms with Gasteiger partial charge in [0.2, 0.25) is 0 Å². The van der Waals surface area contributed by atoms with E-state index in [1.165, 1.54) is 29.2 Å². The molecule has 3 aromatic rings. The van der Waals surface area contributed by atoms with Gasteiger partial charge in [-0.2, -0.15) is 0 Å². The zero-order chi connectivity index (χ0) is 23.5. The Morgan fingerprint density at radius 1 is 0.758 bits per heavy atom. The third kappa shape index (κ3) is 5.71. The maximum Gasteiger partial charge on any atom is 0.457 e. The van der Waals surface area contributed by atoms with Gasteiger partial charge >= 0.3 is 7.12 Å². The quantitative estimate of drug-likeness (QED) is 0.275. The van der Waals surface area contributed by atoms with Crippen molar-refractivity contribution in [3.05, 3.63) is 66.2 Å². The highest BCUT2D eigenvalue weighted by molar-refractivity contribution is 6.45. The number of methoxy groups -OCH3 is 1. The van der Waals surface area contributed by atoms with Crippen LogP contribution in [-0.2, 0) is 15.7 Å². The summed E-state index contributed by atoms with van der Waals surface area (Å²) >= 11 is 0. The fourth-order valence-corrected chi connectivity index (χ4v) is 4.27. The van der Waals surface area contributed by atoms with Gasteiger partial charge in [-0.15, -0.1) is 0 Å². The number of aryl methyl sites for hydroxylation is 1. The van der Waals surface area contributed by atoms with Crippen LogP contribution in [0.4, 0.5) is 11.4 Å². The molecule has 174 valence electrons. The number of hydrogen-bond donors (Lipinski definition) is 1. The lowest BCUT2D eigenvalue weighted by Gasteiger charge is -2.32. The fourth-order valence-electron chi connectivity index (χ4n) is 4.27. The Kier molecular flexibility index (Phi) is 7.01. The molecule has 1 aliphatic heterocycles. The van der Waals surface area contributed by atoms with Crippen molar-refractivity contribution in [3.63, 3.8) is 0 Å². The lowest BCUT2D eigenvalue weighted by Crippen LogP contribution is -2.41. The van der Waals surface area contributed by atoms with Crippen molar-refractivity contribution in [2.45, 2.75) is 70.9 Å². The molecule has 0 atom stereocenters. The Balaban J connectivity index is 1.26. The van der Waals surface area contributed by atoms with Crippen molar-refractivity contribution in [1.29, 1.82) is 0 Å². The molecule has 5 heteroatoms. The van der Waals surface area contributed by atoms with Crippen LogP contribution in [0.3, 0.4) is 0 Å². The van der Waals surface area contributed by atoms with Crippen LogP contribution in [0.15, 0.2) is 60.7 Å². The van der Waals surface area contributed by atoms with Gasteiger partial charge in [-0.3, -0.25) is 0 Å². The maximum atomic E-state index is 6.10. The van der Waals surface area contributed by atoms with E-state index in [1.54, 1.807) is 7.11 Å². The fraction of sp³-hybridized carbons (Fsp3) is 0.429. The van der Waals surface area contributed by atoms with E-state index in [-0.39, 0.29) is 18.3 Å². The van der Waals surface area contributed by atoms with Crippen LogP contribution < -0.4 is 10.1 Å². The topological polar surface area (TPSA) is 39.7 Å². The van der Waals surface area contributed by atoms with Crippen LogP contribution in [0.5, 0.6) is 5.75 Å². The van der Waals surface area contributed by atoms with Crippen molar-refractivity contribution in [2.75, 3.05) is 12.4 Å². The summed E-state index contributed by atoms with van der Waals surface area (Å²) in [5.74, 6) is 0.861.